The number of hydrogen-bond acceptors (Lipinski definition) is 4. The van der Waals surface area contributed by atoms with E-state index in [1.54, 1.807) is 12.1 Å². The third-order valence-corrected chi connectivity index (χ3v) is 0.893. The molecule has 1 aromatic heterocycles. The summed E-state index contributed by atoms with van der Waals surface area (Å²) in [7, 11) is 0. The van der Waals surface area contributed by atoms with Crippen molar-refractivity contribution in [1.29, 1.82) is 10.7 Å². The number of nitrogens with one attached hydrogen (secondary N) is 1. The first kappa shape index (κ1) is 6.36. The van der Waals surface area contributed by atoms with Crippen molar-refractivity contribution in [2.75, 3.05) is 0 Å². The van der Waals surface area contributed by atoms with E-state index in [0.29, 0.717) is 0 Å². The lowest BCUT2D eigenvalue weighted by Crippen LogP contribution is -1.97. The molecule has 0 amide bonds. The second-order valence-corrected chi connectivity index (χ2v) is 1.50. The molecule has 1 N–H and O–H groups in total. The number of ether oxygens (including phenoxy) is 1. The Kier molecular flexibility index (Phi) is 1.71. The molecule has 0 unspecified atom stereocenters. The van der Waals surface area contributed by atoms with Crippen molar-refractivity contribution in [2.45, 2.75) is 0 Å². The fourth-order valence-electron chi connectivity index (χ4n) is 0.504. The Bertz CT molecular complexity index is 258. The molecule has 0 atom stereocenters. The standard InChI is InChI=1S/C6H4N2O2/c7-4-10-6(8)5-2-1-3-9-5/h1-3,8H. The summed E-state index contributed by atoms with van der Waals surface area (Å²) in [5.74, 6) is -0.0194. The van der Waals surface area contributed by atoms with Crippen LogP contribution < -0.4 is 0 Å². The minimum Gasteiger partial charge on any atom is -0.459 e. The number of hydrogen-bond donors (Lipinski definition) is 1. The van der Waals surface area contributed by atoms with Gasteiger partial charge in [0.1, 0.15) is 0 Å². The highest BCUT2D eigenvalue weighted by Gasteiger charge is 2.03. The highest BCUT2D eigenvalue weighted by molar-refractivity contribution is 5.89. The molecule has 0 aliphatic rings. The Hall–Kier alpha value is -1.76. The number of rotatable bonds is 1. The van der Waals surface area contributed by atoms with Crippen molar-refractivity contribution in [1.82, 2.24) is 0 Å². The average molecular weight is 136 g/mol. The van der Waals surface area contributed by atoms with Gasteiger partial charge in [-0.25, -0.2) is 0 Å². The zero-order valence-corrected chi connectivity index (χ0v) is 5.00. The molecule has 1 heterocycles. The summed E-state index contributed by atoms with van der Waals surface area (Å²) in [4.78, 5) is 0. The second-order valence-electron chi connectivity index (χ2n) is 1.50. The number of nitrogens with zero attached hydrogens (tertiary/aromatic N) is 1. The van der Waals surface area contributed by atoms with E-state index in [0.717, 1.165) is 0 Å². The van der Waals surface area contributed by atoms with Crippen molar-refractivity contribution in [3.63, 3.8) is 0 Å². The normalized spacial score (nSPS) is 8.30. The molecule has 1 rings (SSSR count). The molecule has 0 aliphatic heterocycles. The van der Waals surface area contributed by atoms with Gasteiger partial charge in [-0.05, 0) is 12.1 Å². The van der Waals surface area contributed by atoms with Crippen molar-refractivity contribution < 1.29 is 9.15 Å². The highest BCUT2D eigenvalue weighted by Crippen LogP contribution is 2.00. The first-order valence-corrected chi connectivity index (χ1v) is 2.53. The Morgan fingerprint density at radius 3 is 3.10 bits per heavy atom. The SMILES string of the molecule is N#COC(=N)c1ccco1. The van der Waals surface area contributed by atoms with E-state index in [-0.39, 0.29) is 11.7 Å². The molecule has 0 saturated carbocycles. The summed E-state index contributed by atoms with van der Waals surface area (Å²) in [5.41, 5.74) is 0. The van der Waals surface area contributed by atoms with Crippen LogP contribution in [0.5, 0.6) is 0 Å². The van der Waals surface area contributed by atoms with Crippen LogP contribution in [0.1, 0.15) is 5.76 Å². The number of nitriles is 1. The molecule has 0 radical (unpaired) electrons. The molecule has 0 aromatic carbocycles. The third-order valence-electron chi connectivity index (χ3n) is 0.893. The fourth-order valence-corrected chi connectivity index (χ4v) is 0.504. The van der Waals surface area contributed by atoms with E-state index >= 15 is 0 Å². The molecule has 4 heteroatoms. The van der Waals surface area contributed by atoms with Gasteiger partial charge in [0.15, 0.2) is 5.76 Å². The van der Waals surface area contributed by atoms with Crippen molar-refractivity contribution in [3.8, 4) is 6.26 Å². The van der Waals surface area contributed by atoms with Crippen LogP contribution in [0, 0.1) is 16.9 Å². The zero-order chi connectivity index (χ0) is 7.40. The highest BCUT2D eigenvalue weighted by atomic mass is 16.5. The molecule has 0 fully saturated rings. The molecule has 0 bridgehead atoms. The average Bonchev–Trinajstić information content (AvgIpc) is 2.38. The second kappa shape index (κ2) is 2.69. The first-order chi connectivity index (χ1) is 4.84. The zero-order valence-electron chi connectivity index (χ0n) is 5.00. The van der Waals surface area contributed by atoms with E-state index in [4.69, 9.17) is 15.1 Å². The molecule has 50 valence electrons. The topological polar surface area (TPSA) is 70.0 Å². The molecule has 0 spiro atoms. The van der Waals surface area contributed by atoms with Crippen LogP contribution >= 0.6 is 0 Å². The van der Waals surface area contributed by atoms with Crippen LogP contribution in [0.15, 0.2) is 22.8 Å². The molecule has 4 nitrogen and oxygen atoms in total. The van der Waals surface area contributed by atoms with Crippen LogP contribution in [0.2, 0.25) is 0 Å². The molecule has 0 aliphatic carbocycles. The van der Waals surface area contributed by atoms with E-state index in [1.165, 1.54) is 12.5 Å². The lowest BCUT2D eigenvalue weighted by atomic mass is 10.4. The summed E-state index contributed by atoms with van der Waals surface area (Å²) in [5, 5.41) is 15.0. The lowest BCUT2D eigenvalue weighted by Gasteiger charge is -1.90. The van der Waals surface area contributed by atoms with Crippen LogP contribution in [-0.4, -0.2) is 5.90 Å². The van der Waals surface area contributed by atoms with Gasteiger partial charge in [0.05, 0.1) is 6.26 Å². The maximum absolute atomic E-state index is 7.98. The van der Waals surface area contributed by atoms with E-state index in [9.17, 15) is 0 Å². The van der Waals surface area contributed by atoms with Crippen molar-refractivity contribution in [3.05, 3.63) is 24.2 Å². The Morgan fingerprint density at radius 1 is 1.80 bits per heavy atom. The third kappa shape index (κ3) is 1.14. The Balaban J connectivity index is 2.71. The van der Waals surface area contributed by atoms with E-state index in [1.807, 2.05) is 0 Å². The van der Waals surface area contributed by atoms with Gasteiger partial charge >= 0.3 is 0 Å². The van der Waals surface area contributed by atoms with Gasteiger partial charge in [0, 0.05) is 0 Å². The van der Waals surface area contributed by atoms with Gasteiger partial charge in [-0.2, -0.15) is 0 Å². The van der Waals surface area contributed by atoms with E-state index in [2.05, 4.69) is 4.74 Å². The maximum Gasteiger partial charge on any atom is 0.293 e. The van der Waals surface area contributed by atoms with Crippen LogP contribution in [-0.2, 0) is 4.74 Å². The van der Waals surface area contributed by atoms with Crippen LogP contribution in [0.3, 0.4) is 0 Å². The quantitative estimate of drug-likeness (QED) is 0.357. The fraction of sp³-hybridized carbons (Fsp3) is 0. The maximum atomic E-state index is 7.98. The van der Waals surface area contributed by atoms with Gasteiger partial charge in [0.25, 0.3) is 12.2 Å². The minimum absolute atomic E-state index is 0.251. The summed E-state index contributed by atoms with van der Waals surface area (Å²) in [6, 6.07) is 3.16. The molecular formula is C6H4N2O2. The van der Waals surface area contributed by atoms with Crippen LogP contribution in [0.4, 0.5) is 0 Å². The molecule has 10 heavy (non-hydrogen) atoms. The molecular weight excluding hydrogens is 132 g/mol. The summed E-state index contributed by atoms with van der Waals surface area (Å²) < 4.78 is 8.93. The largest absolute Gasteiger partial charge is 0.459 e. The van der Waals surface area contributed by atoms with Crippen molar-refractivity contribution >= 4 is 5.90 Å². The van der Waals surface area contributed by atoms with Crippen LogP contribution in [0.25, 0.3) is 0 Å². The molecule has 1 aromatic rings. The smallest absolute Gasteiger partial charge is 0.293 e. The monoisotopic (exact) mass is 136 g/mol. The van der Waals surface area contributed by atoms with Gasteiger partial charge in [-0.3, -0.25) is 5.41 Å². The first-order valence-electron chi connectivity index (χ1n) is 2.53. The Labute approximate surface area is 57.1 Å². The Morgan fingerprint density at radius 2 is 2.60 bits per heavy atom. The van der Waals surface area contributed by atoms with Gasteiger partial charge < -0.3 is 9.15 Å². The van der Waals surface area contributed by atoms with Gasteiger partial charge in [-0.15, -0.1) is 5.26 Å². The summed E-state index contributed by atoms with van der Waals surface area (Å²) in [6.45, 7) is 0. The van der Waals surface area contributed by atoms with Crippen molar-refractivity contribution in [2.24, 2.45) is 0 Å². The number of furan rings is 1. The van der Waals surface area contributed by atoms with E-state index < -0.39 is 0 Å². The summed E-state index contributed by atoms with van der Waals surface area (Å²) in [6.07, 6.45) is 2.78. The minimum atomic E-state index is -0.271. The predicted molar refractivity (Wildman–Crippen MR) is 32.2 cm³/mol. The van der Waals surface area contributed by atoms with Gasteiger partial charge in [-0.1, -0.05) is 0 Å². The molecule has 0 saturated heterocycles. The predicted octanol–water partition coefficient (Wildman–Crippen LogP) is 1.10. The summed E-state index contributed by atoms with van der Waals surface area (Å²) >= 11 is 0. The lowest BCUT2D eigenvalue weighted by molar-refractivity contribution is 0.460. The van der Waals surface area contributed by atoms with Gasteiger partial charge in [0.2, 0.25) is 0 Å².